The Bertz CT molecular complexity index is 956. The standard InChI is InChI=1S/C18H18ClN7O/c19-13-3-1-2-4-14(13)23-15-6-5-11(9-22-15)16-24-17(27-25-16)12-7-8-26(10-12)18(20)21/h1-6,9,12H,7-8,10H2,(H3,20,21)(H,22,23). The third kappa shape index (κ3) is 3.70. The number of hydrogen-bond acceptors (Lipinski definition) is 6. The number of benzene rings is 1. The highest BCUT2D eigenvalue weighted by molar-refractivity contribution is 6.33. The highest BCUT2D eigenvalue weighted by atomic mass is 35.5. The van der Waals surface area contributed by atoms with Crippen molar-refractivity contribution in [1.29, 1.82) is 5.41 Å². The number of guanidine groups is 1. The van der Waals surface area contributed by atoms with Gasteiger partial charge in [0.05, 0.1) is 16.6 Å². The van der Waals surface area contributed by atoms with Gasteiger partial charge < -0.3 is 20.5 Å². The first-order valence-electron chi connectivity index (χ1n) is 8.50. The predicted octanol–water partition coefficient (Wildman–Crippen LogP) is 3.21. The summed E-state index contributed by atoms with van der Waals surface area (Å²) in [5.74, 6) is 1.88. The second-order valence-corrected chi connectivity index (χ2v) is 6.72. The Kier molecular flexibility index (Phi) is 4.64. The predicted molar refractivity (Wildman–Crippen MR) is 103 cm³/mol. The zero-order valence-electron chi connectivity index (χ0n) is 14.4. The van der Waals surface area contributed by atoms with Gasteiger partial charge in [0.25, 0.3) is 0 Å². The number of anilines is 2. The SMILES string of the molecule is N=C(N)N1CCC(c2nc(-c3ccc(Nc4ccccc4Cl)nc3)no2)C1. The van der Waals surface area contributed by atoms with Crippen molar-refractivity contribution in [3.63, 3.8) is 0 Å². The van der Waals surface area contributed by atoms with Gasteiger partial charge in [-0.15, -0.1) is 0 Å². The number of nitrogens with one attached hydrogen (secondary N) is 2. The number of likely N-dealkylation sites (tertiary alicyclic amines) is 1. The van der Waals surface area contributed by atoms with E-state index < -0.39 is 0 Å². The number of pyridine rings is 1. The maximum Gasteiger partial charge on any atom is 0.231 e. The molecule has 0 aliphatic carbocycles. The third-order valence-electron chi connectivity index (χ3n) is 4.48. The summed E-state index contributed by atoms with van der Waals surface area (Å²) in [6, 6.07) is 11.2. The molecule has 3 heterocycles. The second kappa shape index (κ2) is 7.24. The molecule has 1 unspecified atom stereocenters. The van der Waals surface area contributed by atoms with E-state index in [1.54, 1.807) is 11.1 Å². The Morgan fingerprint density at radius 2 is 2.15 bits per heavy atom. The van der Waals surface area contributed by atoms with Crippen LogP contribution in [0.2, 0.25) is 5.02 Å². The van der Waals surface area contributed by atoms with Crippen LogP contribution in [0.1, 0.15) is 18.2 Å². The molecule has 2 aromatic heterocycles. The summed E-state index contributed by atoms with van der Waals surface area (Å²) in [7, 11) is 0. The Balaban J connectivity index is 1.46. The van der Waals surface area contributed by atoms with Crippen molar-refractivity contribution >= 4 is 29.1 Å². The molecule has 27 heavy (non-hydrogen) atoms. The van der Waals surface area contributed by atoms with Gasteiger partial charge in [-0.2, -0.15) is 4.98 Å². The van der Waals surface area contributed by atoms with Crippen LogP contribution in [0.4, 0.5) is 11.5 Å². The summed E-state index contributed by atoms with van der Waals surface area (Å²) in [6.45, 7) is 1.34. The van der Waals surface area contributed by atoms with E-state index in [0.29, 0.717) is 29.1 Å². The minimum Gasteiger partial charge on any atom is -0.370 e. The van der Waals surface area contributed by atoms with E-state index >= 15 is 0 Å². The maximum absolute atomic E-state index is 7.51. The zero-order chi connectivity index (χ0) is 18.8. The minimum atomic E-state index is 0.0723. The van der Waals surface area contributed by atoms with Gasteiger partial charge >= 0.3 is 0 Å². The van der Waals surface area contributed by atoms with Crippen LogP contribution < -0.4 is 11.1 Å². The van der Waals surface area contributed by atoms with Gasteiger partial charge in [-0.25, -0.2) is 4.98 Å². The van der Waals surface area contributed by atoms with Crippen LogP contribution in [0.15, 0.2) is 47.1 Å². The lowest BCUT2D eigenvalue weighted by atomic mass is 10.1. The van der Waals surface area contributed by atoms with E-state index in [4.69, 9.17) is 27.3 Å². The van der Waals surface area contributed by atoms with Crippen molar-refractivity contribution in [2.24, 2.45) is 5.73 Å². The summed E-state index contributed by atoms with van der Waals surface area (Å²) in [6.07, 6.45) is 2.52. The van der Waals surface area contributed by atoms with Crippen LogP contribution in [0, 0.1) is 5.41 Å². The molecular formula is C18H18ClN7O. The zero-order valence-corrected chi connectivity index (χ0v) is 15.1. The average Bonchev–Trinajstić information content (AvgIpc) is 3.34. The number of halogens is 1. The van der Waals surface area contributed by atoms with E-state index in [0.717, 1.165) is 24.2 Å². The smallest absolute Gasteiger partial charge is 0.231 e. The van der Waals surface area contributed by atoms with Gasteiger partial charge in [-0.3, -0.25) is 5.41 Å². The average molecular weight is 384 g/mol. The monoisotopic (exact) mass is 383 g/mol. The summed E-state index contributed by atoms with van der Waals surface area (Å²) in [4.78, 5) is 10.7. The Morgan fingerprint density at radius 1 is 1.30 bits per heavy atom. The van der Waals surface area contributed by atoms with Crippen molar-refractivity contribution in [3.8, 4) is 11.4 Å². The van der Waals surface area contributed by atoms with E-state index in [9.17, 15) is 0 Å². The molecule has 4 rings (SSSR count). The number of para-hydroxylation sites is 1. The fraction of sp³-hybridized carbons (Fsp3) is 0.222. The van der Waals surface area contributed by atoms with Crippen LogP contribution in [0.5, 0.6) is 0 Å². The molecule has 1 saturated heterocycles. The van der Waals surface area contributed by atoms with Gasteiger partial charge in [0.1, 0.15) is 5.82 Å². The highest BCUT2D eigenvalue weighted by Gasteiger charge is 2.29. The van der Waals surface area contributed by atoms with Crippen LogP contribution in [-0.4, -0.2) is 39.1 Å². The van der Waals surface area contributed by atoms with Crippen molar-refractivity contribution in [1.82, 2.24) is 20.0 Å². The largest absolute Gasteiger partial charge is 0.370 e. The number of nitrogens with two attached hydrogens (primary N) is 1. The van der Waals surface area contributed by atoms with Crippen LogP contribution in [0.25, 0.3) is 11.4 Å². The fourth-order valence-corrected chi connectivity index (χ4v) is 3.18. The molecule has 3 aromatic rings. The van der Waals surface area contributed by atoms with Gasteiger partial charge in [-0.05, 0) is 30.7 Å². The van der Waals surface area contributed by atoms with E-state index in [1.807, 2.05) is 36.4 Å². The second-order valence-electron chi connectivity index (χ2n) is 6.31. The Labute approximate surface area is 160 Å². The molecule has 1 atom stereocenters. The maximum atomic E-state index is 7.51. The number of nitrogens with zero attached hydrogens (tertiary/aromatic N) is 4. The number of rotatable bonds is 4. The van der Waals surface area contributed by atoms with Crippen molar-refractivity contribution < 1.29 is 4.52 Å². The third-order valence-corrected chi connectivity index (χ3v) is 4.81. The van der Waals surface area contributed by atoms with E-state index in [-0.39, 0.29) is 11.9 Å². The molecule has 0 saturated carbocycles. The molecular weight excluding hydrogens is 366 g/mol. The van der Waals surface area contributed by atoms with Gasteiger partial charge in [-0.1, -0.05) is 28.9 Å². The summed E-state index contributed by atoms with van der Waals surface area (Å²) < 4.78 is 5.41. The summed E-state index contributed by atoms with van der Waals surface area (Å²) in [5, 5.41) is 15.4. The van der Waals surface area contributed by atoms with Crippen LogP contribution in [-0.2, 0) is 0 Å². The highest BCUT2D eigenvalue weighted by Crippen LogP contribution is 2.28. The van der Waals surface area contributed by atoms with Gasteiger partial charge in [0.2, 0.25) is 11.7 Å². The molecule has 0 radical (unpaired) electrons. The van der Waals surface area contributed by atoms with Gasteiger partial charge in [0, 0.05) is 24.8 Å². The Hall–Kier alpha value is -3.13. The lowest BCUT2D eigenvalue weighted by molar-refractivity contribution is 0.354. The van der Waals surface area contributed by atoms with Crippen LogP contribution in [0.3, 0.4) is 0 Å². The van der Waals surface area contributed by atoms with Crippen molar-refractivity contribution in [3.05, 3.63) is 53.5 Å². The topological polar surface area (TPSA) is 117 Å². The fourth-order valence-electron chi connectivity index (χ4n) is 3.00. The first-order chi connectivity index (χ1) is 13.1. The van der Waals surface area contributed by atoms with Gasteiger partial charge in [0.15, 0.2) is 5.96 Å². The van der Waals surface area contributed by atoms with Crippen LogP contribution >= 0.6 is 11.6 Å². The number of hydrogen-bond donors (Lipinski definition) is 3. The molecule has 1 aliphatic rings. The van der Waals surface area contributed by atoms with Crippen molar-refractivity contribution in [2.45, 2.75) is 12.3 Å². The first kappa shape index (κ1) is 17.3. The Morgan fingerprint density at radius 3 is 2.85 bits per heavy atom. The molecule has 0 amide bonds. The lowest BCUT2D eigenvalue weighted by Crippen LogP contribution is -2.34. The number of aromatic nitrogens is 3. The molecule has 8 nitrogen and oxygen atoms in total. The molecule has 9 heteroatoms. The molecule has 0 bridgehead atoms. The summed E-state index contributed by atoms with van der Waals surface area (Å²) >= 11 is 6.15. The van der Waals surface area contributed by atoms with E-state index in [2.05, 4.69) is 20.4 Å². The van der Waals surface area contributed by atoms with E-state index in [1.165, 1.54) is 0 Å². The first-order valence-corrected chi connectivity index (χ1v) is 8.88. The minimum absolute atomic E-state index is 0.0723. The molecule has 1 fully saturated rings. The van der Waals surface area contributed by atoms with Crippen molar-refractivity contribution in [2.75, 3.05) is 18.4 Å². The lowest BCUT2D eigenvalue weighted by Gasteiger charge is -2.14. The quantitative estimate of drug-likeness (QED) is 0.467. The molecule has 1 aliphatic heterocycles. The molecule has 138 valence electrons. The molecule has 0 spiro atoms. The summed E-state index contributed by atoms with van der Waals surface area (Å²) in [5.41, 5.74) is 7.08. The normalized spacial score (nSPS) is 16.5. The molecule has 4 N–H and O–H groups in total. The molecule has 1 aromatic carbocycles.